The van der Waals surface area contributed by atoms with E-state index in [0.29, 0.717) is 5.57 Å². The lowest BCUT2D eigenvalue weighted by Gasteiger charge is -2.36. The number of nitrogen functional groups attached to an aromatic ring is 1. The number of aliphatic carboxylic acids is 1. The maximum atomic E-state index is 12.5. The van der Waals surface area contributed by atoms with Crippen LogP contribution in [-0.2, 0) is 55.5 Å². The molecule has 3 heterocycles. The van der Waals surface area contributed by atoms with Crippen LogP contribution in [0.25, 0.3) is 11.2 Å². The molecule has 2 aromatic heterocycles. The molecule has 7 atom stereocenters. The minimum absolute atomic E-state index is 0.0313. The third-order valence-electron chi connectivity index (χ3n) is 7.51. The SMILES string of the molecule is C/C(=C\C(=O)SCCNC(=O)CCNC(=O)C(O)C(C)(C)COP(=O)([O-])OP(=O)([O-])OCC1OC(n2cnc3c(N)ncnc32)C(O)C1OP(=O)([O-])[O-])CC(=O)[O-]. The Bertz CT molecular complexity index is 1960. The molecule has 0 aliphatic carbocycles. The standard InChI is InChI=1S/C27H42N7O19P3S/c1-14(8-17(36)37)9-18(38)57-7-6-29-16(35)4-5-30-25(41)22(40)27(2,3)11-50-56(47,48)53-55(45,46)49-10-15-21(52-54(42,43)44)20(39)26(51-15)34-13-33-19-23(28)31-12-32-24(19)34/h9,12-13,15,20-22,26,39-40H,4-8,10-11H2,1-3H3,(H,29,35)(H,30,41)(H,36,37)(H,45,46)(H,47,48)(H2,28,31,32)(H2,42,43,44)/p-5/b14-9+. The van der Waals surface area contributed by atoms with Crippen LogP contribution in [0.2, 0.25) is 0 Å². The molecule has 2 aromatic rings. The number of aromatic nitrogens is 4. The van der Waals surface area contributed by atoms with Gasteiger partial charge in [-0.3, -0.25) is 28.1 Å². The van der Waals surface area contributed by atoms with Crippen LogP contribution in [0.4, 0.5) is 5.82 Å². The lowest BCUT2D eigenvalue weighted by molar-refractivity contribution is -0.347. The maximum Gasteiger partial charge on any atom is 0.274 e. The van der Waals surface area contributed by atoms with E-state index in [1.807, 2.05) is 0 Å². The van der Waals surface area contributed by atoms with Crippen LogP contribution in [0.3, 0.4) is 0 Å². The average Bonchev–Trinajstić information content (AvgIpc) is 3.64. The van der Waals surface area contributed by atoms with Gasteiger partial charge in [-0.25, -0.2) is 19.3 Å². The topological polar surface area (TPSA) is 415 Å². The van der Waals surface area contributed by atoms with Gasteiger partial charge in [-0.15, -0.1) is 0 Å². The van der Waals surface area contributed by atoms with Crippen molar-refractivity contribution in [2.75, 3.05) is 37.8 Å². The van der Waals surface area contributed by atoms with Crippen molar-refractivity contribution in [3.8, 4) is 0 Å². The largest absolute Gasteiger partial charge is 0.790 e. The van der Waals surface area contributed by atoms with Crippen LogP contribution in [0, 0.1) is 5.41 Å². The van der Waals surface area contributed by atoms with E-state index in [-0.39, 0.29) is 42.2 Å². The molecule has 1 saturated heterocycles. The fourth-order valence-corrected chi connectivity index (χ4v) is 8.21. The predicted molar refractivity (Wildman–Crippen MR) is 182 cm³/mol. The Hall–Kier alpha value is -3.23. The highest BCUT2D eigenvalue weighted by Gasteiger charge is 2.47. The third kappa shape index (κ3) is 15.1. The normalized spacial score (nSPS) is 21.7. The molecule has 26 nitrogen and oxygen atoms in total. The average molecular weight is 889 g/mol. The molecule has 3 rings (SSSR count). The Balaban J connectivity index is 1.48. The molecule has 1 aliphatic heterocycles. The lowest BCUT2D eigenvalue weighted by atomic mass is 9.87. The second kappa shape index (κ2) is 20.2. The zero-order valence-electron chi connectivity index (χ0n) is 30.0. The van der Waals surface area contributed by atoms with E-state index in [4.69, 9.17) is 10.5 Å². The van der Waals surface area contributed by atoms with Crippen molar-refractivity contribution in [1.82, 2.24) is 30.2 Å². The Labute approximate surface area is 327 Å². The Morgan fingerprint density at radius 3 is 2.40 bits per heavy atom. The van der Waals surface area contributed by atoms with E-state index in [1.54, 1.807) is 0 Å². The van der Waals surface area contributed by atoms with Gasteiger partial charge >= 0.3 is 0 Å². The van der Waals surface area contributed by atoms with Crippen molar-refractivity contribution in [2.45, 2.75) is 64.3 Å². The summed E-state index contributed by atoms with van der Waals surface area (Å²) < 4.78 is 60.3. The molecule has 1 fully saturated rings. The van der Waals surface area contributed by atoms with Crippen LogP contribution in [-0.4, -0.2) is 109 Å². The summed E-state index contributed by atoms with van der Waals surface area (Å²) >= 11 is 0.824. The summed E-state index contributed by atoms with van der Waals surface area (Å²) in [5.41, 5.74) is 4.29. The number of anilines is 1. The number of fused-ring (bicyclic) bond motifs is 1. The highest BCUT2D eigenvalue weighted by atomic mass is 32.2. The second-order valence-electron chi connectivity index (χ2n) is 12.7. The molecule has 7 unspecified atom stereocenters. The number of carbonyl (C=O) groups is 4. The Kier molecular flexibility index (Phi) is 17.0. The van der Waals surface area contributed by atoms with Gasteiger partial charge in [0.05, 0.1) is 27.4 Å². The Morgan fingerprint density at radius 1 is 1.09 bits per heavy atom. The number of phosphoric ester groups is 3. The number of nitrogens with two attached hydrogens (primary N) is 1. The highest BCUT2D eigenvalue weighted by molar-refractivity contribution is 8.14. The number of hydrogen-bond acceptors (Lipinski definition) is 24. The van der Waals surface area contributed by atoms with Gasteiger partial charge in [0.1, 0.15) is 36.3 Å². The molecule has 57 heavy (non-hydrogen) atoms. The van der Waals surface area contributed by atoms with E-state index in [9.17, 15) is 67.8 Å². The van der Waals surface area contributed by atoms with Gasteiger partial charge in [-0.1, -0.05) is 31.2 Å². The summed E-state index contributed by atoms with van der Waals surface area (Å²) in [5.74, 6) is -2.88. The molecule has 320 valence electrons. The number of ether oxygens (including phenoxy) is 1. The molecule has 2 amide bonds. The number of thioether (sulfide) groups is 1. The van der Waals surface area contributed by atoms with Crippen LogP contribution in [0.15, 0.2) is 24.3 Å². The monoisotopic (exact) mass is 888 g/mol. The van der Waals surface area contributed by atoms with E-state index in [2.05, 4.69) is 43.5 Å². The number of carbonyl (C=O) groups excluding carboxylic acids is 4. The number of aliphatic hydroxyl groups excluding tert-OH is 2. The summed E-state index contributed by atoms with van der Waals surface area (Å²) in [6, 6.07) is 0. The number of amides is 2. The first-order chi connectivity index (χ1) is 26.3. The second-order valence-corrected chi connectivity index (χ2v) is 17.9. The molecule has 0 radical (unpaired) electrons. The predicted octanol–water partition coefficient (Wildman–Crippen LogP) is -4.78. The summed E-state index contributed by atoms with van der Waals surface area (Å²) in [6.45, 7) is 1.23. The van der Waals surface area contributed by atoms with Gasteiger partial charge in [0.25, 0.3) is 15.6 Å². The first-order valence-electron chi connectivity index (χ1n) is 16.2. The number of nitrogens with zero attached hydrogens (tertiary/aromatic N) is 4. The van der Waals surface area contributed by atoms with Crippen molar-refractivity contribution in [3.05, 3.63) is 24.3 Å². The van der Waals surface area contributed by atoms with Crippen LogP contribution < -0.4 is 41.0 Å². The van der Waals surface area contributed by atoms with Crippen LogP contribution in [0.1, 0.15) is 39.8 Å². The van der Waals surface area contributed by atoms with Crippen molar-refractivity contribution in [2.24, 2.45) is 5.41 Å². The zero-order valence-corrected chi connectivity index (χ0v) is 33.5. The molecule has 0 spiro atoms. The van der Waals surface area contributed by atoms with Crippen molar-refractivity contribution < 1.29 is 90.4 Å². The highest BCUT2D eigenvalue weighted by Crippen LogP contribution is 2.56. The number of phosphoric acid groups is 3. The maximum absolute atomic E-state index is 12.5. The van der Waals surface area contributed by atoms with E-state index < -0.39 is 102 Å². The van der Waals surface area contributed by atoms with Crippen molar-refractivity contribution in [1.29, 1.82) is 0 Å². The molecule has 0 aromatic carbocycles. The molecule has 1 aliphatic rings. The van der Waals surface area contributed by atoms with Gasteiger partial charge in [0.15, 0.2) is 17.7 Å². The van der Waals surface area contributed by atoms with Gasteiger partial charge in [0, 0.05) is 43.1 Å². The van der Waals surface area contributed by atoms with Gasteiger partial charge in [-0.05, 0) is 13.0 Å². The smallest absolute Gasteiger partial charge is 0.274 e. The zero-order chi connectivity index (χ0) is 42.9. The fourth-order valence-electron chi connectivity index (χ4n) is 4.78. The van der Waals surface area contributed by atoms with Gasteiger partial charge in [0.2, 0.25) is 16.9 Å². The number of imidazole rings is 1. The van der Waals surface area contributed by atoms with Crippen LogP contribution in [0.5, 0.6) is 0 Å². The number of carboxylic acids is 1. The fraction of sp³-hybridized carbons (Fsp3) is 0.593. The van der Waals surface area contributed by atoms with Crippen LogP contribution >= 0.6 is 35.2 Å². The molecule has 0 bridgehead atoms. The van der Waals surface area contributed by atoms with E-state index in [1.165, 1.54) is 20.8 Å². The number of hydrogen-bond donors (Lipinski definition) is 5. The van der Waals surface area contributed by atoms with Crippen molar-refractivity contribution in [3.63, 3.8) is 0 Å². The van der Waals surface area contributed by atoms with Crippen molar-refractivity contribution >= 4 is 75.1 Å². The lowest BCUT2D eigenvalue weighted by Crippen LogP contribution is -2.46. The minimum atomic E-state index is -5.94. The summed E-state index contributed by atoms with van der Waals surface area (Å²) in [6.07, 6.45) is -7.06. The molecular formula is C27H37N7O19P3S-5. The first-order valence-corrected chi connectivity index (χ1v) is 21.5. The number of carboxylic acid groups (broad SMARTS) is 1. The molecule has 30 heteroatoms. The molecular weight excluding hydrogens is 851 g/mol. The summed E-state index contributed by atoms with van der Waals surface area (Å²) in [4.78, 5) is 106. The molecule has 0 saturated carbocycles. The summed E-state index contributed by atoms with van der Waals surface area (Å²) in [7, 11) is -17.7. The Morgan fingerprint density at radius 2 is 1.75 bits per heavy atom. The number of nitrogens with one attached hydrogen (secondary N) is 2. The quantitative estimate of drug-likeness (QED) is 0.0421. The first kappa shape index (κ1) is 48.1. The van der Waals surface area contributed by atoms with Gasteiger partial charge < -0.3 is 78.9 Å². The number of rotatable bonds is 22. The number of aliphatic hydroxyl groups is 2. The van der Waals surface area contributed by atoms with Gasteiger partial charge in [-0.2, -0.15) is 0 Å². The molecule has 6 N–H and O–H groups in total. The van der Waals surface area contributed by atoms with E-state index >= 15 is 0 Å². The summed E-state index contributed by atoms with van der Waals surface area (Å²) in [5, 5.41) is 36.1. The minimum Gasteiger partial charge on any atom is -0.790 e. The third-order valence-corrected chi connectivity index (χ3v) is 11.3. The van der Waals surface area contributed by atoms with E-state index in [0.717, 1.165) is 35.1 Å².